The van der Waals surface area contributed by atoms with E-state index in [1.807, 2.05) is 0 Å². The fraction of sp³-hybridized carbons (Fsp3) is 0.889. The van der Waals surface area contributed by atoms with Gasteiger partial charge in [0.15, 0.2) is 0 Å². The van der Waals surface area contributed by atoms with Gasteiger partial charge in [0.1, 0.15) is 0 Å². The highest BCUT2D eigenvalue weighted by Gasteiger charge is 2.28. The minimum Gasteiger partial charge on any atom is -0.387 e. The fourth-order valence-electron chi connectivity index (χ4n) is 1.20. The molecular formula is C9H18N2O. The number of amidine groups is 1. The van der Waals surface area contributed by atoms with Crippen LogP contribution >= 0.6 is 0 Å². The molecule has 1 aliphatic carbocycles. The van der Waals surface area contributed by atoms with E-state index in [1.54, 1.807) is 7.11 Å². The third kappa shape index (κ3) is 2.21. The van der Waals surface area contributed by atoms with Gasteiger partial charge in [0.25, 0.3) is 0 Å². The van der Waals surface area contributed by atoms with Crippen LogP contribution in [0.5, 0.6) is 0 Å². The second-order valence-corrected chi connectivity index (χ2v) is 3.69. The van der Waals surface area contributed by atoms with Gasteiger partial charge in [-0.2, -0.15) is 0 Å². The Morgan fingerprint density at radius 3 is 2.50 bits per heavy atom. The SMILES string of the molecule is COC1CC(N=C(N)C(C)C)C1. The Hall–Kier alpha value is -0.570. The van der Waals surface area contributed by atoms with Crippen molar-refractivity contribution in [1.82, 2.24) is 0 Å². The predicted octanol–water partition coefficient (Wildman–Crippen LogP) is 1.18. The van der Waals surface area contributed by atoms with Gasteiger partial charge < -0.3 is 10.5 Å². The fourth-order valence-corrected chi connectivity index (χ4v) is 1.20. The minimum atomic E-state index is 0.367. The highest BCUT2D eigenvalue weighted by atomic mass is 16.5. The van der Waals surface area contributed by atoms with Crippen molar-refractivity contribution in [3.05, 3.63) is 0 Å². The molecule has 0 atom stereocenters. The first-order valence-corrected chi connectivity index (χ1v) is 4.49. The van der Waals surface area contributed by atoms with Crippen molar-refractivity contribution >= 4 is 5.84 Å². The Labute approximate surface area is 74.0 Å². The number of nitrogens with two attached hydrogens (primary N) is 1. The van der Waals surface area contributed by atoms with Crippen LogP contribution in [-0.4, -0.2) is 25.1 Å². The van der Waals surface area contributed by atoms with E-state index in [1.165, 1.54) is 0 Å². The third-order valence-corrected chi connectivity index (χ3v) is 2.33. The lowest BCUT2D eigenvalue weighted by Gasteiger charge is -2.31. The van der Waals surface area contributed by atoms with E-state index in [-0.39, 0.29) is 0 Å². The quantitative estimate of drug-likeness (QED) is 0.510. The molecule has 70 valence electrons. The summed E-state index contributed by atoms with van der Waals surface area (Å²) in [6.07, 6.45) is 2.48. The van der Waals surface area contributed by atoms with Crippen LogP contribution in [0.25, 0.3) is 0 Å². The van der Waals surface area contributed by atoms with E-state index >= 15 is 0 Å². The zero-order chi connectivity index (χ0) is 9.14. The maximum atomic E-state index is 5.72. The molecule has 1 aliphatic rings. The van der Waals surface area contributed by atoms with Gasteiger partial charge in [-0.05, 0) is 12.8 Å². The Bertz CT molecular complexity index is 171. The lowest BCUT2D eigenvalue weighted by Crippen LogP contribution is -2.35. The van der Waals surface area contributed by atoms with Crippen molar-refractivity contribution in [2.45, 2.75) is 38.8 Å². The van der Waals surface area contributed by atoms with Crippen molar-refractivity contribution in [3.8, 4) is 0 Å². The molecule has 1 rings (SSSR count). The summed E-state index contributed by atoms with van der Waals surface area (Å²) in [6.45, 7) is 4.12. The van der Waals surface area contributed by atoms with Crippen LogP contribution in [-0.2, 0) is 4.74 Å². The summed E-state index contributed by atoms with van der Waals surface area (Å²) in [5, 5.41) is 0. The molecule has 0 aromatic rings. The number of methoxy groups -OCH3 is 1. The van der Waals surface area contributed by atoms with Gasteiger partial charge in [0.2, 0.25) is 0 Å². The first kappa shape index (κ1) is 9.52. The predicted molar refractivity (Wildman–Crippen MR) is 50.3 cm³/mol. The average molecular weight is 170 g/mol. The minimum absolute atomic E-state index is 0.367. The molecule has 0 unspecified atom stereocenters. The summed E-state index contributed by atoms with van der Waals surface area (Å²) in [5.74, 6) is 1.14. The van der Waals surface area contributed by atoms with Gasteiger partial charge in [-0.3, -0.25) is 4.99 Å². The molecule has 12 heavy (non-hydrogen) atoms. The summed E-state index contributed by atoms with van der Waals surface area (Å²) in [5.41, 5.74) is 5.72. The van der Waals surface area contributed by atoms with E-state index in [0.29, 0.717) is 18.1 Å². The van der Waals surface area contributed by atoms with Crippen molar-refractivity contribution in [3.63, 3.8) is 0 Å². The highest BCUT2D eigenvalue weighted by molar-refractivity contribution is 5.82. The van der Waals surface area contributed by atoms with Crippen molar-refractivity contribution in [1.29, 1.82) is 0 Å². The Morgan fingerprint density at radius 1 is 1.50 bits per heavy atom. The van der Waals surface area contributed by atoms with Crippen LogP contribution in [0.4, 0.5) is 0 Å². The Balaban J connectivity index is 2.30. The van der Waals surface area contributed by atoms with E-state index in [4.69, 9.17) is 10.5 Å². The van der Waals surface area contributed by atoms with Gasteiger partial charge in [0, 0.05) is 13.0 Å². The third-order valence-electron chi connectivity index (χ3n) is 2.33. The zero-order valence-corrected chi connectivity index (χ0v) is 8.08. The number of ether oxygens (including phenoxy) is 1. The van der Waals surface area contributed by atoms with Crippen molar-refractivity contribution in [2.24, 2.45) is 16.6 Å². The standard InChI is InChI=1S/C9H18N2O/c1-6(2)9(10)11-7-4-8(5-7)12-3/h6-8H,4-5H2,1-3H3,(H2,10,11). The first-order chi connectivity index (χ1) is 5.63. The molecule has 0 aliphatic heterocycles. The zero-order valence-electron chi connectivity index (χ0n) is 8.08. The molecule has 0 amide bonds. The topological polar surface area (TPSA) is 47.6 Å². The summed E-state index contributed by atoms with van der Waals surface area (Å²) in [7, 11) is 1.75. The molecule has 0 radical (unpaired) electrons. The lowest BCUT2D eigenvalue weighted by molar-refractivity contribution is 0.0284. The van der Waals surface area contributed by atoms with E-state index < -0.39 is 0 Å². The maximum Gasteiger partial charge on any atom is 0.0966 e. The number of hydrogen-bond donors (Lipinski definition) is 1. The molecule has 0 heterocycles. The van der Waals surface area contributed by atoms with Crippen LogP contribution in [0, 0.1) is 5.92 Å². The Morgan fingerprint density at radius 2 is 2.08 bits per heavy atom. The van der Waals surface area contributed by atoms with E-state index in [9.17, 15) is 0 Å². The van der Waals surface area contributed by atoms with E-state index in [2.05, 4.69) is 18.8 Å². The van der Waals surface area contributed by atoms with Crippen LogP contribution in [0.1, 0.15) is 26.7 Å². The molecule has 1 fully saturated rings. The lowest BCUT2D eigenvalue weighted by atomic mass is 9.89. The molecule has 0 spiro atoms. The Kier molecular flexibility index (Phi) is 3.09. The smallest absolute Gasteiger partial charge is 0.0966 e. The van der Waals surface area contributed by atoms with Gasteiger partial charge in [-0.1, -0.05) is 13.8 Å². The van der Waals surface area contributed by atoms with Crippen LogP contribution in [0.3, 0.4) is 0 Å². The van der Waals surface area contributed by atoms with Gasteiger partial charge >= 0.3 is 0 Å². The van der Waals surface area contributed by atoms with Crippen molar-refractivity contribution < 1.29 is 4.74 Å². The second kappa shape index (κ2) is 3.90. The van der Waals surface area contributed by atoms with Gasteiger partial charge in [-0.15, -0.1) is 0 Å². The normalized spacial score (nSPS) is 30.5. The summed E-state index contributed by atoms with van der Waals surface area (Å²) >= 11 is 0. The maximum absolute atomic E-state index is 5.72. The molecule has 3 nitrogen and oxygen atoms in total. The number of hydrogen-bond acceptors (Lipinski definition) is 2. The molecule has 0 aromatic carbocycles. The van der Waals surface area contributed by atoms with Gasteiger partial charge in [0.05, 0.1) is 18.0 Å². The second-order valence-electron chi connectivity index (χ2n) is 3.69. The number of aliphatic imine (C=N–C) groups is 1. The van der Waals surface area contributed by atoms with E-state index in [0.717, 1.165) is 18.7 Å². The summed E-state index contributed by atoms with van der Waals surface area (Å²) in [6, 6.07) is 0.414. The summed E-state index contributed by atoms with van der Waals surface area (Å²) in [4.78, 5) is 4.39. The van der Waals surface area contributed by atoms with Gasteiger partial charge in [-0.25, -0.2) is 0 Å². The average Bonchev–Trinajstić information content (AvgIpc) is 1.94. The molecule has 2 N–H and O–H groups in total. The highest BCUT2D eigenvalue weighted by Crippen LogP contribution is 2.25. The molecule has 0 saturated heterocycles. The molecule has 3 heteroatoms. The molecule has 0 bridgehead atoms. The van der Waals surface area contributed by atoms with Crippen LogP contribution in [0.2, 0.25) is 0 Å². The van der Waals surface area contributed by atoms with Crippen molar-refractivity contribution in [2.75, 3.05) is 7.11 Å². The first-order valence-electron chi connectivity index (χ1n) is 4.49. The van der Waals surface area contributed by atoms with Crippen LogP contribution < -0.4 is 5.73 Å². The summed E-state index contributed by atoms with van der Waals surface area (Å²) < 4.78 is 5.15. The molecule has 0 aromatic heterocycles. The number of rotatable bonds is 3. The molecular weight excluding hydrogens is 152 g/mol. The van der Waals surface area contributed by atoms with Crippen LogP contribution in [0.15, 0.2) is 4.99 Å². The monoisotopic (exact) mass is 170 g/mol. The molecule has 1 saturated carbocycles. The number of nitrogens with zero attached hydrogens (tertiary/aromatic N) is 1. The largest absolute Gasteiger partial charge is 0.387 e.